The molecule has 1 N–H and O–H groups in total. The third-order valence-electron chi connectivity index (χ3n) is 2.51. The van der Waals surface area contributed by atoms with E-state index in [9.17, 15) is 5.11 Å². The molecule has 0 saturated heterocycles. The first-order valence-corrected chi connectivity index (χ1v) is 4.94. The number of hydrogen-bond donors (Lipinski definition) is 1. The predicted molar refractivity (Wildman–Crippen MR) is 55.2 cm³/mol. The summed E-state index contributed by atoms with van der Waals surface area (Å²) in [5, 5.41) is 10.0. The first-order valence-electron chi connectivity index (χ1n) is 4.15. The standard InChI is InChI=1S/C11H9BrO/c1-2-11(13)6-5-8-3-4-9(12)7-10(8)11/h1,3-4,7,13H,5-6H2. The van der Waals surface area contributed by atoms with Gasteiger partial charge in [0.15, 0.2) is 5.60 Å². The zero-order valence-electron chi connectivity index (χ0n) is 7.05. The number of aryl methyl sites for hydroxylation is 1. The van der Waals surface area contributed by atoms with Crippen molar-refractivity contribution in [3.8, 4) is 12.3 Å². The quantitative estimate of drug-likeness (QED) is 0.686. The van der Waals surface area contributed by atoms with Gasteiger partial charge in [-0.3, -0.25) is 0 Å². The molecule has 1 aliphatic rings. The summed E-state index contributed by atoms with van der Waals surface area (Å²) in [5.74, 6) is 2.46. The molecule has 0 spiro atoms. The van der Waals surface area contributed by atoms with Gasteiger partial charge < -0.3 is 5.11 Å². The molecular weight excluding hydrogens is 228 g/mol. The Bertz CT molecular complexity index is 392. The van der Waals surface area contributed by atoms with Crippen molar-refractivity contribution in [1.82, 2.24) is 0 Å². The third kappa shape index (κ3) is 1.29. The van der Waals surface area contributed by atoms with E-state index in [1.165, 1.54) is 0 Å². The predicted octanol–water partition coefficient (Wildman–Crippen LogP) is 2.22. The summed E-state index contributed by atoms with van der Waals surface area (Å²) in [7, 11) is 0. The van der Waals surface area contributed by atoms with Crippen molar-refractivity contribution in [2.75, 3.05) is 0 Å². The summed E-state index contributed by atoms with van der Waals surface area (Å²) < 4.78 is 0.960. The van der Waals surface area contributed by atoms with E-state index in [1.807, 2.05) is 18.2 Å². The van der Waals surface area contributed by atoms with Crippen molar-refractivity contribution >= 4 is 15.9 Å². The van der Waals surface area contributed by atoms with Crippen LogP contribution in [0.2, 0.25) is 0 Å². The molecule has 1 unspecified atom stereocenters. The zero-order chi connectivity index (χ0) is 9.47. The fraction of sp³-hybridized carbons (Fsp3) is 0.273. The van der Waals surface area contributed by atoms with Crippen LogP contribution in [0.3, 0.4) is 0 Å². The van der Waals surface area contributed by atoms with E-state index in [2.05, 4.69) is 21.9 Å². The summed E-state index contributed by atoms with van der Waals surface area (Å²) >= 11 is 3.37. The SMILES string of the molecule is C#CC1(O)CCc2ccc(Br)cc21. The molecule has 1 aromatic rings. The molecule has 1 aromatic carbocycles. The molecule has 0 radical (unpaired) electrons. The molecule has 2 heteroatoms. The van der Waals surface area contributed by atoms with E-state index >= 15 is 0 Å². The summed E-state index contributed by atoms with van der Waals surface area (Å²) in [6.07, 6.45) is 6.82. The number of benzene rings is 1. The molecule has 0 aromatic heterocycles. The summed E-state index contributed by atoms with van der Waals surface area (Å²) in [5.41, 5.74) is 0.993. The highest BCUT2D eigenvalue weighted by Gasteiger charge is 2.34. The largest absolute Gasteiger partial charge is 0.373 e. The van der Waals surface area contributed by atoms with Gasteiger partial charge >= 0.3 is 0 Å². The fourth-order valence-electron chi connectivity index (χ4n) is 1.75. The first-order chi connectivity index (χ1) is 6.15. The Morgan fingerprint density at radius 1 is 1.54 bits per heavy atom. The van der Waals surface area contributed by atoms with E-state index in [-0.39, 0.29) is 0 Å². The van der Waals surface area contributed by atoms with Crippen molar-refractivity contribution in [2.45, 2.75) is 18.4 Å². The second-order valence-electron chi connectivity index (χ2n) is 3.31. The average Bonchev–Trinajstić information content (AvgIpc) is 2.45. The van der Waals surface area contributed by atoms with Gasteiger partial charge in [-0.05, 0) is 30.5 Å². The van der Waals surface area contributed by atoms with Gasteiger partial charge in [0.2, 0.25) is 0 Å². The van der Waals surface area contributed by atoms with E-state index in [1.54, 1.807) is 0 Å². The van der Waals surface area contributed by atoms with Gasteiger partial charge in [-0.1, -0.05) is 27.9 Å². The van der Waals surface area contributed by atoms with Gasteiger partial charge in [0.05, 0.1) is 0 Å². The number of halogens is 1. The van der Waals surface area contributed by atoms with Gasteiger partial charge in [0.1, 0.15) is 0 Å². The van der Waals surface area contributed by atoms with Gasteiger partial charge in [-0.2, -0.15) is 0 Å². The van der Waals surface area contributed by atoms with Crippen LogP contribution in [-0.2, 0) is 12.0 Å². The van der Waals surface area contributed by atoms with E-state index in [0.717, 1.165) is 22.0 Å². The van der Waals surface area contributed by atoms with Gasteiger partial charge in [-0.25, -0.2) is 0 Å². The number of terminal acetylenes is 1. The number of rotatable bonds is 0. The highest BCUT2D eigenvalue weighted by atomic mass is 79.9. The van der Waals surface area contributed by atoms with Crippen molar-refractivity contribution in [3.63, 3.8) is 0 Å². The van der Waals surface area contributed by atoms with Crippen LogP contribution in [0.5, 0.6) is 0 Å². The van der Waals surface area contributed by atoms with E-state index in [4.69, 9.17) is 6.42 Å². The lowest BCUT2D eigenvalue weighted by Gasteiger charge is -2.16. The van der Waals surface area contributed by atoms with Gasteiger partial charge in [-0.15, -0.1) is 6.42 Å². The van der Waals surface area contributed by atoms with Crippen LogP contribution < -0.4 is 0 Å². The van der Waals surface area contributed by atoms with Gasteiger partial charge in [0, 0.05) is 10.0 Å². The number of fused-ring (bicyclic) bond motifs is 1. The lowest BCUT2D eigenvalue weighted by Crippen LogP contribution is -2.18. The molecule has 0 heterocycles. The van der Waals surface area contributed by atoms with Crippen LogP contribution in [0.25, 0.3) is 0 Å². The highest BCUT2D eigenvalue weighted by Crippen LogP contribution is 2.37. The van der Waals surface area contributed by atoms with Crippen molar-refractivity contribution in [1.29, 1.82) is 0 Å². The monoisotopic (exact) mass is 236 g/mol. The second kappa shape index (κ2) is 2.87. The van der Waals surface area contributed by atoms with Crippen molar-refractivity contribution in [3.05, 3.63) is 33.8 Å². The Kier molecular flexibility index (Phi) is 1.94. The van der Waals surface area contributed by atoms with Crippen LogP contribution in [0.4, 0.5) is 0 Å². The molecule has 0 aliphatic heterocycles. The lowest BCUT2D eigenvalue weighted by atomic mass is 9.97. The van der Waals surface area contributed by atoms with Crippen molar-refractivity contribution in [2.24, 2.45) is 0 Å². The molecule has 0 fully saturated rings. The zero-order valence-corrected chi connectivity index (χ0v) is 8.63. The molecule has 2 rings (SSSR count). The molecule has 0 bridgehead atoms. The minimum absolute atomic E-state index is 0.634. The molecule has 0 amide bonds. The third-order valence-corrected chi connectivity index (χ3v) is 3.01. The summed E-state index contributed by atoms with van der Waals surface area (Å²) in [6.45, 7) is 0. The maximum absolute atomic E-state index is 10.0. The molecule has 66 valence electrons. The molecular formula is C11H9BrO. The summed E-state index contributed by atoms with van der Waals surface area (Å²) in [4.78, 5) is 0. The average molecular weight is 237 g/mol. The van der Waals surface area contributed by atoms with Crippen LogP contribution in [-0.4, -0.2) is 5.11 Å². The topological polar surface area (TPSA) is 20.2 Å². The maximum Gasteiger partial charge on any atom is 0.151 e. The number of hydrogen-bond acceptors (Lipinski definition) is 1. The van der Waals surface area contributed by atoms with Crippen molar-refractivity contribution < 1.29 is 5.11 Å². The lowest BCUT2D eigenvalue weighted by molar-refractivity contribution is 0.103. The minimum atomic E-state index is -1.04. The Hall–Kier alpha value is -0.780. The van der Waals surface area contributed by atoms with E-state index in [0.29, 0.717) is 6.42 Å². The number of aliphatic hydroxyl groups is 1. The Balaban J connectivity index is 2.60. The van der Waals surface area contributed by atoms with Crippen LogP contribution >= 0.6 is 15.9 Å². The fourth-order valence-corrected chi connectivity index (χ4v) is 2.11. The minimum Gasteiger partial charge on any atom is -0.373 e. The highest BCUT2D eigenvalue weighted by molar-refractivity contribution is 9.10. The smallest absolute Gasteiger partial charge is 0.151 e. The first kappa shape index (κ1) is 8.80. The molecule has 13 heavy (non-hydrogen) atoms. The Morgan fingerprint density at radius 2 is 2.31 bits per heavy atom. The molecule has 1 aliphatic carbocycles. The maximum atomic E-state index is 10.0. The van der Waals surface area contributed by atoms with Crippen LogP contribution in [0.15, 0.2) is 22.7 Å². The van der Waals surface area contributed by atoms with Crippen LogP contribution in [0.1, 0.15) is 17.5 Å². The normalized spacial score (nSPS) is 25.3. The Labute approximate surface area is 85.9 Å². The molecule has 1 nitrogen and oxygen atoms in total. The van der Waals surface area contributed by atoms with E-state index < -0.39 is 5.60 Å². The summed E-state index contributed by atoms with van der Waals surface area (Å²) in [6, 6.07) is 5.89. The Morgan fingerprint density at radius 3 is 3.00 bits per heavy atom. The molecule has 0 saturated carbocycles. The second-order valence-corrected chi connectivity index (χ2v) is 4.22. The van der Waals surface area contributed by atoms with Gasteiger partial charge in [0.25, 0.3) is 0 Å². The molecule has 1 atom stereocenters. The van der Waals surface area contributed by atoms with Crippen LogP contribution in [0, 0.1) is 12.3 Å².